The topological polar surface area (TPSA) is 70.2 Å². The average Bonchev–Trinajstić information content (AvgIpc) is 3.28. The molecule has 7 nitrogen and oxygen atoms in total. The minimum Gasteiger partial charge on any atom is -0.378 e. The van der Waals surface area contributed by atoms with Crippen LogP contribution in [0.1, 0.15) is 18.4 Å². The van der Waals surface area contributed by atoms with Gasteiger partial charge in [0.25, 0.3) is 0 Å². The van der Waals surface area contributed by atoms with Crippen molar-refractivity contribution < 1.29 is 17.9 Å². The maximum Gasteiger partial charge on any atom is 0.227 e. The van der Waals surface area contributed by atoms with Gasteiger partial charge in [0.2, 0.25) is 5.91 Å². The highest BCUT2D eigenvalue weighted by Gasteiger charge is 2.47. The highest BCUT2D eigenvalue weighted by molar-refractivity contribution is 7.90. The lowest BCUT2D eigenvalue weighted by Crippen LogP contribution is -2.71. The molecule has 1 aromatic rings. The number of amides is 1. The van der Waals surface area contributed by atoms with E-state index in [1.807, 2.05) is 11.0 Å². The van der Waals surface area contributed by atoms with Crippen LogP contribution in [0.4, 0.5) is 0 Å². The molecule has 0 radical (unpaired) electrons. The van der Waals surface area contributed by atoms with Crippen LogP contribution in [-0.2, 0) is 25.8 Å². The van der Waals surface area contributed by atoms with E-state index in [0.29, 0.717) is 42.9 Å². The normalized spacial score (nSPS) is 27.5. The van der Waals surface area contributed by atoms with E-state index in [9.17, 15) is 13.2 Å². The molecule has 3 aliphatic heterocycles. The molecule has 178 valence electrons. The Kier molecular flexibility index (Phi) is 7.69. The van der Waals surface area contributed by atoms with E-state index in [-0.39, 0.29) is 36.2 Å². The molecule has 0 N–H and O–H groups in total. The monoisotopic (exact) mass is 503 g/mol. The van der Waals surface area contributed by atoms with Crippen LogP contribution in [0.5, 0.6) is 0 Å². The molecule has 0 aliphatic carbocycles. The number of halogens is 2. The van der Waals surface area contributed by atoms with Crippen molar-refractivity contribution in [1.82, 2.24) is 14.7 Å². The maximum atomic E-state index is 13.5. The van der Waals surface area contributed by atoms with E-state index >= 15 is 0 Å². The highest BCUT2D eigenvalue weighted by Crippen LogP contribution is 2.30. The molecular weight excluding hydrogens is 473 g/mol. The van der Waals surface area contributed by atoms with Crippen molar-refractivity contribution in [2.75, 3.05) is 57.9 Å². The van der Waals surface area contributed by atoms with Crippen LogP contribution in [0, 0.1) is 0 Å². The third kappa shape index (κ3) is 5.59. The Bertz CT molecular complexity index is 939. The second kappa shape index (κ2) is 10.2. The predicted octanol–water partition coefficient (Wildman–Crippen LogP) is 1.96. The summed E-state index contributed by atoms with van der Waals surface area (Å²) >= 11 is 12.2. The van der Waals surface area contributed by atoms with Crippen LogP contribution in [0.15, 0.2) is 18.2 Å². The van der Waals surface area contributed by atoms with Gasteiger partial charge >= 0.3 is 0 Å². The molecule has 3 saturated heterocycles. The molecular formula is C22H31Cl2N3O4S. The Hall–Kier alpha value is -0.900. The Morgan fingerprint density at radius 3 is 2.47 bits per heavy atom. The van der Waals surface area contributed by atoms with Crippen LogP contribution in [0.3, 0.4) is 0 Å². The number of carbonyl (C=O) groups is 1. The van der Waals surface area contributed by atoms with E-state index in [1.165, 1.54) is 6.26 Å². The van der Waals surface area contributed by atoms with Crippen LogP contribution < -0.4 is 0 Å². The lowest BCUT2D eigenvalue weighted by molar-refractivity contribution is -0.152. The number of hydrogen-bond donors (Lipinski definition) is 0. The first kappa shape index (κ1) is 24.2. The standard InChI is InChI=1S/C22H31Cl2N3O4S/c1-32(29,30)11-10-26-8-9-27(21(28)13-16-4-5-17(23)18(24)12-16)22-19(14-31-15-20(22)26)25-6-2-3-7-25/h4-5,12,19-20,22H,2-3,6-11,13-15H2,1H3/t19?,20-,22-/m1/s1. The van der Waals surface area contributed by atoms with Crippen LogP contribution in [0.25, 0.3) is 0 Å². The molecule has 4 rings (SSSR count). The van der Waals surface area contributed by atoms with Gasteiger partial charge in [-0.05, 0) is 43.6 Å². The molecule has 1 aromatic carbocycles. The van der Waals surface area contributed by atoms with Crippen LogP contribution in [0.2, 0.25) is 10.0 Å². The van der Waals surface area contributed by atoms with Gasteiger partial charge in [0, 0.05) is 25.9 Å². The molecule has 3 fully saturated rings. The van der Waals surface area contributed by atoms with Gasteiger partial charge in [-0.1, -0.05) is 29.3 Å². The average molecular weight is 504 g/mol. The van der Waals surface area contributed by atoms with Gasteiger partial charge in [-0.2, -0.15) is 0 Å². The number of piperazine rings is 1. The van der Waals surface area contributed by atoms with E-state index < -0.39 is 9.84 Å². The number of carbonyl (C=O) groups excluding carboxylic acids is 1. The first-order valence-corrected chi connectivity index (χ1v) is 14.0. The number of fused-ring (bicyclic) bond motifs is 1. The Morgan fingerprint density at radius 1 is 1.06 bits per heavy atom. The lowest BCUT2D eigenvalue weighted by Gasteiger charge is -2.54. The SMILES string of the molecule is CS(=O)(=O)CCN1CCN(C(=O)Cc2ccc(Cl)c(Cl)c2)[C@@H]2C(N3CCCC3)COC[C@H]21. The fourth-order valence-electron chi connectivity index (χ4n) is 5.22. The van der Waals surface area contributed by atoms with Crippen molar-refractivity contribution in [1.29, 1.82) is 0 Å². The minimum absolute atomic E-state index is 0.0115. The summed E-state index contributed by atoms with van der Waals surface area (Å²) in [5.41, 5.74) is 0.838. The van der Waals surface area contributed by atoms with Gasteiger partial charge < -0.3 is 9.64 Å². The summed E-state index contributed by atoms with van der Waals surface area (Å²) in [6.07, 6.45) is 3.84. The number of rotatable bonds is 6. The third-order valence-corrected chi connectivity index (χ3v) is 8.50. The fourth-order valence-corrected chi connectivity index (χ4v) is 6.11. The summed E-state index contributed by atoms with van der Waals surface area (Å²) in [7, 11) is -3.07. The van der Waals surface area contributed by atoms with Gasteiger partial charge in [-0.3, -0.25) is 14.6 Å². The number of benzene rings is 1. The van der Waals surface area contributed by atoms with Crippen molar-refractivity contribution in [3.63, 3.8) is 0 Å². The van der Waals surface area contributed by atoms with Crippen LogP contribution in [-0.4, -0.2) is 105 Å². The molecule has 3 heterocycles. The third-order valence-electron chi connectivity index (χ3n) is 6.84. The highest BCUT2D eigenvalue weighted by atomic mass is 35.5. The van der Waals surface area contributed by atoms with Crippen molar-refractivity contribution in [3.05, 3.63) is 33.8 Å². The van der Waals surface area contributed by atoms with Gasteiger partial charge in [-0.15, -0.1) is 0 Å². The molecule has 0 bridgehead atoms. The first-order chi connectivity index (χ1) is 15.2. The lowest BCUT2D eigenvalue weighted by atomic mass is 9.91. The van der Waals surface area contributed by atoms with E-state index in [4.69, 9.17) is 27.9 Å². The fraction of sp³-hybridized carbons (Fsp3) is 0.682. The smallest absolute Gasteiger partial charge is 0.227 e. The van der Waals surface area contributed by atoms with Gasteiger partial charge in [0.1, 0.15) is 9.84 Å². The summed E-state index contributed by atoms with van der Waals surface area (Å²) < 4.78 is 29.6. The first-order valence-electron chi connectivity index (χ1n) is 11.2. The Morgan fingerprint density at radius 2 is 1.78 bits per heavy atom. The minimum atomic E-state index is -3.07. The molecule has 10 heteroatoms. The van der Waals surface area contributed by atoms with E-state index in [0.717, 1.165) is 31.5 Å². The van der Waals surface area contributed by atoms with E-state index in [1.54, 1.807) is 12.1 Å². The molecule has 1 amide bonds. The maximum absolute atomic E-state index is 13.5. The van der Waals surface area contributed by atoms with Gasteiger partial charge in [-0.25, -0.2) is 8.42 Å². The van der Waals surface area contributed by atoms with Crippen molar-refractivity contribution in [2.24, 2.45) is 0 Å². The van der Waals surface area contributed by atoms with Crippen LogP contribution >= 0.6 is 23.2 Å². The summed E-state index contributed by atoms with van der Waals surface area (Å²) in [6.45, 7) is 4.80. The van der Waals surface area contributed by atoms with Gasteiger partial charge in [0.05, 0.1) is 53.6 Å². The number of ether oxygens (including phenoxy) is 1. The Labute approximate surface area is 200 Å². The largest absolute Gasteiger partial charge is 0.378 e. The zero-order chi connectivity index (χ0) is 22.9. The quantitative estimate of drug-likeness (QED) is 0.590. The molecule has 0 saturated carbocycles. The molecule has 32 heavy (non-hydrogen) atoms. The molecule has 1 unspecified atom stereocenters. The summed E-state index contributed by atoms with van der Waals surface area (Å²) in [5.74, 6) is 0.175. The number of hydrogen-bond acceptors (Lipinski definition) is 6. The number of sulfone groups is 1. The van der Waals surface area contributed by atoms with Crippen molar-refractivity contribution >= 4 is 38.9 Å². The van der Waals surface area contributed by atoms with Crippen molar-refractivity contribution in [3.8, 4) is 0 Å². The summed E-state index contributed by atoms with van der Waals surface area (Å²) in [6, 6.07) is 5.40. The zero-order valence-electron chi connectivity index (χ0n) is 18.4. The second-order valence-electron chi connectivity index (χ2n) is 9.08. The summed E-state index contributed by atoms with van der Waals surface area (Å²) in [5, 5.41) is 0.919. The molecule has 0 aromatic heterocycles. The number of nitrogens with zero attached hydrogens (tertiary/aromatic N) is 3. The summed E-state index contributed by atoms with van der Waals surface area (Å²) in [4.78, 5) is 20.1. The number of likely N-dealkylation sites (tertiary alicyclic amines) is 1. The van der Waals surface area contributed by atoms with Crippen molar-refractivity contribution in [2.45, 2.75) is 37.4 Å². The van der Waals surface area contributed by atoms with Gasteiger partial charge in [0.15, 0.2) is 0 Å². The zero-order valence-corrected chi connectivity index (χ0v) is 20.7. The predicted molar refractivity (Wildman–Crippen MR) is 126 cm³/mol. The molecule has 3 aliphatic rings. The van der Waals surface area contributed by atoms with E-state index in [2.05, 4.69) is 9.80 Å². The Balaban J connectivity index is 1.56. The second-order valence-corrected chi connectivity index (χ2v) is 12.2. The molecule has 3 atom stereocenters. The molecule has 0 spiro atoms.